The molecule has 0 spiro atoms. The minimum Gasteiger partial charge on any atom is -0.462 e. The van der Waals surface area contributed by atoms with Crippen LogP contribution in [0.2, 0.25) is 0 Å². The number of halogens is 1. The van der Waals surface area contributed by atoms with Gasteiger partial charge in [-0.25, -0.2) is 9.18 Å². The van der Waals surface area contributed by atoms with Gasteiger partial charge in [-0.1, -0.05) is 12.1 Å². The van der Waals surface area contributed by atoms with E-state index in [1.807, 2.05) is 13.8 Å². The number of rotatable bonds is 4. The molecule has 1 aliphatic heterocycles. The molecule has 0 saturated carbocycles. The second-order valence-electron chi connectivity index (χ2n) is 8.50. The largest absolute Gasteiger partial charge is 0.462 e. The number of hydrogen-bond donors (Lipinski definition) is 0. The molecule has 1 unspecified atom stereocenters. The Morgan fingerprint density at radius 3 is 2.31 bits per heavy atom. The zero-order valence-corrected chi connectivity index (χ0v) is 19.4. The minimum atomic E-state index is -0.825. The van der Waals surface area contributed by atoms with E-state index in [1.165, 1.54) is 17.0 Å². The van der Waals surface area contributed by atoms with Crippen LogP contribution in [0.15, 0.2) is 69.9 Å². The van der Waals surface area contributed by atoms with E-state index < -0.39 is 23.7 Å². The lowest BCUT2D eigenvalue weighted by Crippen LogP contribution is -2.29. The van der Waals surface area contributed by atoms with Gasteiger partial charge in [-0.15, -0.1) is 0 Å². The highest BCUT2D eigenvalue weighted by molar-refractivity contribution is 6.10. The van der Waals surface area contributed by atoms with Crippen molar-refractivity contribution in [2.45, 2.75) is 26.8 Å². The predicted molar refractivity (Wildman–Crippen MR) is 129 cm³/mol. The van der Waals surface area contributed by atoms with Crippen molar-refractivity contribution in [1.29, 1.82) is 0 Å². The maximum absolute atomic E-state index is 13.7. The molecule has 0 radical (unpaired) electrons. The quantitative estimate of drug-likeness (QED) is 0.369. The fourth-order valence-corrected chi connectivity index (χ4v) is 4.43. The first-order chi connectivity index (χ1) is 16.8. The second kappa shape index (κ2) is 8.51. The Morgan fingerprint density at radius 2 is 1.66 bits per heavy atom. The molecule has 3 aromatic carbocycles. The van der Waals surface area contributed by atoms with Crippen LogP contribution in [0.5, 0.6) is 0 Å². The van der Waals surface area contributed by atoms with E-state index in [0.29, 0.717) is 27.8 Å². The van der Waals surface area contributed by atoms with Crippen LogP contribution >= 0.6 is 0 Å². The van der Waals surface area contributed by atoms with Crippen molar-refractivity contribution >= 4 is 28.5 Å². The Kier molecular flexibility index (Phi) is 5.47. The second-order valence-corrected chi connectivity index (χ2v) is 8.50. The highest BCUT2D eigenvalue weighted by atomic mass is 19.1. The number of nitrogens with zero attached hydrogens (tertiary/aromatic N) is 1. The molecule has 4 aromatic rings. The van der Waals surface area contributed by atoms with Crippen molar-refractivity contribution in [2.24, 2.45) is 0 Å². The molecule has 1 aliphatic rings. The van der Waals surface area contributed by atoms with E-state index >= 15 is 0 Å². The average molecular weight is 471 g/mol. The topological polar surface area (TPSA) is 76.8 Å². The van der Waals surface area contributed by atoms with Crippen LogP contribution in [0.25, 0.3) is 11.0 Å². The summed E-state index contributed by atoms with van der Waals surface area (Å²) in [6.07, 6.45) is 0. The number of amides is 1. The SMILES string of the molecule is CCOC(=O)c1ccc(N2C(=O)c3oc4cc(C)c(C)cc4c(=O)c3C2c2ccc(F)cc2)cc1. The first-order valence-corrected chi connectivity index (χ1v) is 11.2. The number of anilines is 1. The Hall–Kier alpha value is -4.26. The normalized spacial score (nSPS) is 14.9. The van der Waals surface area contributed by atoms with Gasteiger partial charge in [-0.2, -0.15) is 0 Å². The van der Waals surface area contributed by atoms with Gasteiger partial charge in [0, 0.05) is 5.69 Å². The van der Waals surface area contributed by atoms with E-state index in [1.54, 1.807) is 55.5 Å². The molecular weight excluding hydrogens is 449 g/mol. The molecule has 1 atom stereocenters. The first kappa shape index (κ1) is 22.5. The number of carbonyl (C=O) groups excluding carboxylic acids is 2. The average Bonchev–Trinajstić information content (AvgIpc) is 3.13. The number of benzene rings is 3. The van der Waals surface area contributed by atoms with Gasteiger partial charge in [0.2, 0.25) is 5.76 Å². The zero-order chi connectivity index (χ0) is 24.9. The summed E-state index contributed by atoms with van der Waals surface area (Å²) < 4.78 is 24.8. The lowest BCUT2D eigenvalue weighted by atomic mass is 9.97. The van der Waals surface area contributed by atoms with Gasteiger partial charge in [0.05, 0.1) is 29.2 Å². The van der Waals surface area contributed by atoms with Gasteiger partial charge >= 0.3 is 5.97 Å². The number of fused-ring (bicyclic) bond motifs is 2. The minimum absolute atomic E-state index is 0.0467. The van der Waals surface area contributed by atoms with Crippen molar-refractivity contribution in [3.05, 3.63) is 110 Å². The van der Waals surface area contributed by atoms with Gasteiger partial charge in [0.15, 0.2) is 5.43 Å². The summed E-state index contributed by atoms with van der Waals surface area (Å²) >= 11 is 0. The summed E-state index contributed by atoms with van der Waals surface area (Å²) in [5.41, 5.74) is 3.45. The molecule has 35 heavy (non-hydrogen) atoms. The number of aryl methyl sites for hydroxylation is 2. The van der Waals surface area contributed by atoms with E-state index in [0.717, 1.165) is 11.1 Å². The Morgan fingerprint density at radius 1 is 1.00 bits per heavy atom. The fraction of sp³-hybridized carbons (Fsp3) is 0.179. The number of hydrogen-bond acceptors (Lipinski definition) is 5. The van der Waals surface area contributed by atoms with Crippen LogP contribution in [-0.4, -0.2) is 18.5 Å². The maximum atomic E-state index is 13.7. The summed E-state index contributed by atoms with van der Waals surface area (Å²) in [4.78, 5) is 40.9. The van der Waals surface area contributed by atoms with Gasteiger partial charge in [0.1, 0.15) is 11.4 Å². The lowest BCUT2D eigenvalue weighted by molar-refractivity contribution is 0.0526. The summed E-state index contributed by atoms with van der Waals surface area (Å²) in [6, 6.07) is 14.7. The van der Waals surface area contributed by atoms with Gasteiger partial charge < -0.3 is 9.15 Å². The molecule has 0 saturated heterocycles. The Bertz CT molecular complexity index is 1540. The molecule has 7 heteroatoms. The van der Waals surface area contributed by atoms with E-state index in [9.17, 15) is 18.8 Å². The van der Waals surface area contributed by atoms with Crippen LogP contribution in [-0.2, 0) is 4.74 Å². The van der Waals surface area contributed by atoms with Gasteiger partial charge in [-0.3, -0.25) is 14.5 Å². The predicted octanol–water partition coefficient (Wildman–Crippen LogP) is 5.48. The summed E-state index contributed by atoms with van der Waals surface area (Å²) in [5.74, 6) is -1.44. The maximum Gasteiger partial charge on any atom is 0.338 e. The number of esters is 1. The third kappa shape index (κ3) is 3.69. The molecule has 5 rings (SSSR count). The third-order valence-corrected chi connectivity index (χ3v) is 6.33. The van der Waals surface area contributed by atoms with Crippen molar-refractivity contribution in [2.75, 3.05) is 11.5 Å². The molecule has 1 aromatic heterocycles. The molecule has 2 heterocycles. The van der Waals surface area contributed by atoms with Crippen LogP contribution in [0.3, 0.4) is 0 Å². The molecule has 0 N–H and O–H groups in total. The Labute approximate surface area is 200 Å². The van der Waals surface area contributed by atoms with Gasteiger partial charge in [-0.05, 0) is 86.0 Å². The molecule has 176 valence electrons. The van der Waals surface area contributed by atoms with Gasteiger partial charge in [0.25, 0.3) is 5.91 Å². The molecule has 1 amide bonds. The summed E-state index contributed by atoms with van der Waals surface area (Å²) in [5, 5.41) is 0.381. The molecule has 0 fully saturated rings. The van der Waals surface area contributed by atoms with E-state index in [-0.39, 0.29) is 23.4 Å². The smallest absolute Gasteiger partial charge is 0.338 e. The number of carbonyl (C=O) groups is 2. The standard InChI is InChI=1S/C28H22FNO5/c1-4-34-28(33)18-7-11-20(12-8-18)30-24(17-5-9-19(29)10-6-17)23-25(31)21-13-15(2)16(3)14-22(21)35-26(23)27(30)32/h5-14,24H,4H2,1-3H3. The lowest BCUT2D eigenvalue weighted by Gasteiger charge is -2.25. The molecule has 0 aliphatic carbocycles. The van der Waals surface area contributed by atoms with E-state index in [4.69, 9.17) is 9.15 Å². The molecular formula is C28H22FNO5. The van der Waals surface area contributed by atoms with Crippen LogP contribution in [0.4, 0.5) is 10.1 Å². The third-order valence-electron chi connectivity index (χ3n) is 6.33. The van der Waals surface area contributed by atoms with Crippen molar-refractivity contribution in [3.8, 4) is 0 Å². The highest BCUT2D eigenvalue weighted by Crippen LogP contribution is 2.41. The van der Waals surface area contributed by atoms with E-state index in [2.05, 4.69) is 0 Å². The number of ether oxygens (including phenoxy) is 1. The zero-order valence-electron chi connectivity index (χ0n) is 19.4. The van der Waals surface area contributed by atoms with Crippen LogP contribution in [0, 0.1) is 19.7 Å². The fourth-order valence-electron chi connectivity index (χ4n) is 4.43. The summed E-state index contributed by atoms with van der Waals surface area (Å²) in [7, 11) is 0. The van der Waals surface area contributed by atoms with Crippen molar-refractivity contribution < 1.29 is 23.1 Å². The summed E-state index contributed by atoms with van der Waals surface area (Å²) in [6.45, 7) is 5.77. The van der Waals surface area contributed by atoms with Crippen LogP contribution < -0.4 is 10.3 Å². The molecule has 0 bridgehead atoms. The van der Waals surface area contributed by atoms with Crippen molar-refractivity contribution in [3.63, 3.8) is 0 Å². The monoisotopic (exact) mass is 471 g/mol. The Balaban J connectivity index is 1.72. The van der Waals surface area contributed by atoms with Crippen LogP contribution in [0.1, 0.15) is 56.1 Å². The highest BCUT2D eigenvalue weighted by Gasteiger charge is 2.43. The van der Waals surface area contributed by atoms with Crippen molar-refractivity contribution in [1.82, 2.24) is 0 Å². The first-order valence-electron chi connectivity index (χ1n) is 11.2. The molecule has 6 nitrogen and oxygen atoms in total.